The van der Waals surface area contributed by atoms with Gasteiger partial charge in [-0.15, -0.1) is 0 Å². The summed E-state index contributed by atoms with van der Waals surface area (Å²) in [5.74, 6) is -1.25. The smallest absolute Gasteiger partial charge is 0.407 e. The van der Waals surface area contributed by atoms with Gasteiger partial charge in [-0.25, -0.2) is 14.0 Å². The molecule has 0 aliphatic heterocycles. The van der Waals surface area contributed by atoms with Crippen LogP contribution in [0.2, 0.25) is 5.02 Å². The predicted molar refractivity (Wildman–Crippen MR) is 121 cm³/mol. The molecule has 172 valence electrons. The van der Waals surface area contributed by atoms with Crippen molar-refractivity contribution in [3.8, 4) is 0 Å². The van der Waals surface area contributed by atoms with E-state index in [2.05, 4.69) is 5.32 Å². The molecule has 1 aliphatic rings. The van der Waals surface area contributed by atoms with Gasteiger partial charge in [-0.1, -0.05) is 35.9 Å². The highest BCUT2D eigenvalue weighted by atomic mass is 35.5. The van der Waals surface area contributed by atoms with Crippen molar-refractivity contribution in [1.29, 1.82) is 0 Å². The normalized spacial score (nSPS) is 21.0. The van der Waals surface area contributed by atoms with Gasteiger partial charge in [-0.3, -0.25) is 0 Å². The highest BCUT2D eigenvalue weighted by Gasteiger charge is 2.39. The number of amides is 1. The maximum absolute atomic E-state index is 13.9. The molecule has 2 aromatic carbocycles. The lowest BCUT2D eigenvalue weighted by Gasteiger charge is -2.40. The van der Waals surface area contributed by atoms with Gasteiger partial charge in [0.15, 0.2) is 0 Å². The number of esters is 1. The van der Waals surface area contributed by atoms with Crippen molar-refractivity contribution in [3.63, 3.8) is 0 Å². The Balaban J connectivity index is 1.70. The molecule has 5 nitrogen and oxygen atoms in total. The summed E-state index contributed by atoms with van der Waals surface area (Å²) in [5, 5.41) is 3.51. The standard InChI is InChI=1S/C25H29ClFNO4/c1-24(2,3)32-23(30)28-16-25(17-7-6-8-18(26)15-17)13-11-19(12-14-25)31-22(29)20-9-4-5-10-21(20)27/h4-10,15,19H,11-14,16H2,1-3H3,(H,28,30). The van der Waals surface area contributed by atoms with Crippen LogP contribution < -0.4 is 5.32 Å². The number of hydrogen-bond donors (Lipinski definition) is 1. The molecule has 0 heterocycles. The summed E-state index contributed by atoms with van der Waals surface area (Å²) in [4.78, 5) is 24.7. The lowest BCUT2D eigenvalue weighted by molar-refractivity contribution is 0.0127. The van der Waals surface area contributed by atoms with Crippen LogP contribution in [0.25, 0.3) is 0 Å². The molecule has 0 radical (unpaired) electrons. The van der Waals surface area contributed by atoms with E-state index in [4.69, 9.17) is 21.1 Å². The van der Waals surface area contributed by atoms with Gasteiger partial charge in [0.05, 0.1) is 5.56 Å². The first kappa shape index (κ1) is 24.1. The number of halogens is 2. The van der Waals surface area contributed by atoms with Gasteiger partial charge in [-0.2, -0.15) is 0 Å². The SMILES string of the molecule is CC(C)(C)OC(=O)NCC1(c2cccc(Cl)c2)CCC(OC(=O)c2ccccc2F)CC1. The molecule has 7 heteroatoms. The number of hydrogen-bond acceptors (Lipinski definition) is 4. The summed E-state index contributed by atoms with van der Waals surface area (Å²) in [6.45, 7) is 5.81. The quantitative estimate of drug-likeness (QED) is 0.551. The summed E-state index contributed by atoms with van der Waals surface area (Å²) >= 11 is 6.24. The molecule has 0 bridgehead atoms. The molecule has 32 heavy (non-hydrogen) atoms. The fourth-order valence-electron chi connectivity index (χ4n) is 4.04. The van der Waals surface area contributed by atoms with E-state index in [1.165, 1.54) is 18.2 Å². The molecular formula is C25H29ClFNO4. The van der Waals surface area contributed by atoms with Crippen molar-refractivity contribution in [2.24, 2.45) is 0 Å². The minimum absolute atomic E-state index is 0.0641. The molecule has 0 spiro atoms. The average molecular weight is 462 g/mol. The Morgan fingerprint density at radius 3 is 2.44 bits per heavy atom. The zero-order valence-electron chi connectivity index (χ0n) is 18.6. The average Bonchev–Trinajstić information content (AvgIpc) is 2.72. The fraction of sp³-hybridized carbons (Fsp3) is 0.440. The number of carbonyl (C=O) groups is 2. The zero-order valence-corrected chi connectivity index (χ0v) is 19.4. The number of ether oxygens (including phenoxy) is 2. The second kappa shape index (κ2) is 9.90. The monoisotopic (exact) mass is 461 g/mol. The highest BCUT2D eigenvalue weighted by molar-refractivity contribution is 6.30. The van der Waals surface area contributed by atoms with Crippen molar-refractivity contribution >= 4 is 23.7 Å². The minimum Gasteiger partial charge on any atom is -0.459 e. The number of carbonyl (C=O) groups excluding carboxylic acids is 2. The Kier molecular flexibility index (Phi) is 7.44. The fourth-order valence-corrected chi connectivity index (χ4v) is 4.24. The molecule has 0 saturated heterocycles. The molecule has 0 unspecified atom stereocenters. The van der Waals surface area contributed by atoms with Crippen molar-refractivity contribution in [2.45, 2.75) is 63.6 Å². The predicted octanol–water partition coefficient (Wildman–Crippen LogP) is 6.04. The van der Waals surface area contributed by atoms with Crippen LogP contribution in [0.5, 0.6) is 0 Å². The van der Waals surface area contributed by atoms with Gasteiger partial charge in [0.2, 0.25) is 0 Å². The summed E-state index contributed by atoms with van der Waals surface area (Å²) in [6.07, 6.45) is 1.70. The third kappa shape index (κ3) is 6.22. The first-order valence-corrected chi connectivity index (χ1v) is 11.1. The van der Waals surface area contributed by atoms with Gasteiger partial charge in [0.1, 0.15) is 17.5 Å². The number of alkyl carbamates (subject to hydrolysis) is 1. The third-order valence-corrected chi connectivity index (χ3v) is 5.90. The summed E-state index contributed by atoms with van der Waals surface area (Å²) in [5.41, 5.74) is -0.0140. The van der Waals surface area contributed by atoms with E-state index in [0.717, 1.165) is 5.56 Å². The van der Waals surface area contributed by atoms with Crippen molar-refractivity contribution < 1.29 is 23.5 Å². The molecule has 3 rings (SSSR count). The van der Waals surface area contributed by atoms with E-state index in [1.54, 1.807) is 6.07 Å². The van der Waals surface area contributed by atoms with Crippen molar-refractivity contribution in [3.05, 3.63) is 70.5 Å². The maximum Gasteiger partial charge on any atom is 0.407 e. The van der Waals surface area contributed by atoms with Crippen molar-refractivity contribution in [1.82, 2.24) is 5.32 Å². The van der Waals surface area contributed by atoms with Gasteiger partial charge in [-0.05, 0) is 76.3 Å². The Bertz CT molecular complexity index is 964. The molecule has 1 aliphatic carbocycles. The first-order valence-electron chi connectivity index (χ1n) is 10.8. The Hall–Kier alpha value is -2.60. The molecule has 1 saturated carbocycles. The Morgan fingerprint density at radius 2 is 1.81 bits per heavy atom. The highest BCUT2D eigenvalue weighted by Crippen LogP contribution is 2.41. The van der Waals surface area contributed by atoms with E-state index in [9.17, 15) is 14.0 Å². The molecule has 1 N–H and O–H groups in total. The summed E-state index contributed by atoms with van der Waals surface area (Å²) in [6, 6.07) is 13.4. The lowest BCUT2D eigenvalue weighted by atomic mass is 9.68. The van der Waals surface area contributed by atoms with Crippen LogP contribution >= 0.6 is 11.6 Å². The molecule has 1 amide bonds. The number of benzene rings is 2. The maximum atomic E-state index is 13.9. The van der Waals surface area contributed by atoms with Gasteiger partial charge in [0, 0.05) is 17.0 Å². The third-order valence-electron chi connectivity index (χ3n) is 5.66. The number of nitrogens with one attached hydrogen (secondary N) is 1. The van der Waals surface area contributed by atoms with Crippen LogP contribution in [0.1, 0.15) is 62.4 Å². The van der Waals surface area contributed by atoms with E-state index in [0.29, 0.717) is 37.3 Å². The minimum atomic E-state index is -0.657. The molecular weight excluding hydrogens is 433 g/mol. The van der Waals surface area contributed by atoms with E-state index in [-0.39, 0.29) is 17.1 Å². The van der Waals surface area contributed by atoms with Crippen LogP contribution in [0.15, 0.2) is 48.5 Å². The lowest BCUT2D eigenvalue weighted by Crippen LogP contribution is -2.46. The number of rotatable bonds is 5. The van der Waals surface area contributed by atoms with Crippen molar-refractivity contribution in [2.75, 3.05) is 6.54 Å². The Labute approximate surface area is 193 Å². The van der Waals surface area contributed by atoms with E-state index in [1.807, 2.05) is 45.0 Å². The van der Waals surface area contributed by atoms with Crippen LogP contribution in [-0.2, 0) is 14.9 Å². The summed E-state index contributed by atoms with van der Waals surface area (Å²) in [7, 11) is 0. The summed E-state index contributed by atoms with van der Waals surface area (Å²) < 4.78 is 24.9. The van der Waals surface area contributed by atoms with Crippen LogP contribution in [-0.4, -0.2) is 30.3 Å². The molecule has 0 aromatic heterocycles. The molecule has 1 fully saturated rings. The van der Waals surface area contributed by atoms with E-state index >= 15 is 0 Å². The zero-order chi connectivity index (χ0) is 23.4. The second-order valence-electron chi connectivity index (χ2n) is 9.23. The van der Waals surface area contributed by atoms with Gasteiger partial charge >= 0.3 is 12.1 Å². The first-order chi connectivity index (χ1) is 15.1. The van der Waals surface area contributed by atoms with E-state index < -0.39 is 23.5 Å². The Morgan fingerprint density at radius 1 is 1.12 bits per heavy atom. The molecule has 0 atom stereocenters. The van der Waals surface area contributed by atoms with Crippen LogP contribution in [0, 0.1) is 5.82 Å². The largest absolute Gasteiger partial charge is 0.459 e. The topological polar surface area (TPSA) is 64.6 Å². The van der Waals surface area contributed by atoms with Crippen LogP contribution in [0.4, 0.5) is 9.18 Å². The molecule has 2 aromatic rings. The second-order valence-corrected chi connectivity index (χ2v) is 9.67. The van der Waals surface area contributed by atoms with Gasteiger partial charge in [0.25, 0.3) is 0 Å². The van der Waals surface area contributed by atoms with Gasteiger partial charge < -0.3 is 14.8 Å². The van der Waals surface area contributed by atoms with Crippen LogP contribution in [0.3, 0.4) is 0 Å².